The van der Waals surface area contributed by atoms with Crippen molar-refractivity contribution in [3.8, 4) is 0 Å². The van der Waals surface area contributed by atoms with Crippen LogP contribution >= 0.6 is 0 Å². The van der Waals surface area contributed by atoms with E-state index >= 15 is 0 Å². The predicted octanol–water partition coefficient (Wildman–Crippen LogP) is 1.15. The topological polar surface area (TPSA) is 85.8 Å². The average molecular weight is 354 g/mol. The maximum Gasteiger partial charge on any atom is 0.330 e. The van der Waals surface area contributed by atoms with E-state index in [1.165, 1.54) is 0 Å². The van der Waals surface area contributed by atoms with E-state index in [2.05, 4.69) is 15.2 Å². The number of carbonyl (C=O) groups is 2. The van der Waals surface area contributed by atoms with Crippen molar-refractivity contribution in [2.24, 2.45) is 0 Å². The summed E-state index contributed by atoms with van der Waals surface area (Å²) in [6.07, 6.45) is 1.77. The zero-order valence-electron chi connectivity index (χ0n) is 14.4. The number of aromatic nitrogens is 1. The lowest BCUT2D eigenvalue weighted by atomic mass is 10.1. The Kier molecular flexibility index (Phi) is 5.80. The van der Waals surface area contributed by atoms with Crippen molar-refractivity contribution in [3.63, 3.8) is 0 Å². The number of carboxylic acids is 1. The van der Waals surface area contributed by atoms with E-state index in [1.54, 1.807) is 30.5 Å². The molecule has 1 aliphatic rings. The molecule has 7 nitrogen and oxygen atoms in total. The molecule has 0 saturated carbocycles. The molecule has 2 aromatic rings. The summed E-state index contributed by atoms with van der Waals surface area (Å²) >= 11 is 0. The number of piperazine rings is 1. The molecule has 2 N–H and O–H groups in total. The number of carboxylic acid groups (broad SMARTS) is 1. The van der Waals surface area contributed by atoms with Crippen LogP contribution in [0.4, 0.5) is 5.82 Å². The molecule has 0 aliphatic carbocycles. The summed E-state index contributed by atoms with van der Waals surface area (Å²) < 4.78 is 0. The molecule has 1 atom stereocenters. The molecule has 1 saturated heterocycles. The van der Waals surface area contributed by atoms with Crippen molar-refractivity contribution in [2.45, 2.75) is 6.04 Å². The number of rotatable bonds is 6. The second-order valence-electron chi connectivity index (χ2n) is 6.20. The van der Waals surface area contributed by atoms with Crippen molar-refractivity contribution in [1.82, 2.24) is 15.2 Å². The van der Waals surface area contributed by atoms with Crippen LogP contribution in [0.5, 0.6) is 0 Å². The molecule has 1 aliphatic heterocycles. The summed E-state index contributed by atoms with van der Waals surface area (Å²) in [6, 6.07) is 13.5. The van der Waals surface area contributed by atoms with E-state index in [-0.39, 0.29) is 12.5 Å². The summed E-state index contributed by atoms with van der Waals surface area (Å²) in [7, 11) is 0. The first-order valence-electron chi connectivity index (χ1n) is 8.59. The number of hydrogen-bond donors (Lipinski definition) is 2. The number of nitrogens with one attached hydrogen (secondary N) is 1. The number of carbonyl (C=O) groups excluding carboxylic acids is 1. The van der Waals surface area contributed by atoms with Crippen LogP contribution in [0.2, 0.25) is 0 Å². The molecule has 3 rings (SSSR count). The third-order valence-corrected chi connectivity index (χ3v) is 4.40. The first-order chi connectivity index (χ1) is 12.6. The highest BCUT2D eigenvalue weighted by molar-refractivity contribution is 5.85. The minimum absolute atomic E-state index is 0.187. The highest BCUT2D eigenvalue weighted by Crippen LogP contribution is 2.14. The molecule has 7 heteroatoms. The van der Waals surface area contributed by atoms with E-state index in [0.29, 0.717) is 5.56 Å². The number of nitrogens with zero attached hydrogens (tertiary/aromatic N) is 3. The van der Waals surface area contributed by atoms with Crippen LogP contribution in [-0.4, -0.2) is 59.6 Å². The molecule has 26 heavy (non-hydrogen) atoms. The highest BCUT2D eigenvalue weighted by atomic mass is 16.4. The molecule has 1 aromatic heterocycles. The van der Waals surface area contributed by atoms with Gasteiger partial charge in [-0.2, -0.15) is 0 Å². The first-order valence-corrected chi connectivity index (χ1v) is 8.59. The third-order valence-electron chi connectivity index (χ3n) is 4.40. The van der Waals surface area contributed by atoms with Crippen molar-refractivity contribution < 1.29 is 14.7 Å². The Morgan fingerprint density at radius 1 is 1.04 bits per heavy atom. The van der Waals surface area contributed by atoms with E-state index in [0.717, 1.165) is 32.0 Å². The van der Waals surface area contributed by atoms with Gasteiger partial charge in [0.15, 0.2) is 6.04 Å². The van der Waals surface area contributed by atoms with Crippen LogP contribution in [0.15, 0.2) is 54.7 Å². The van der Waals surface area contributed by atoms with E-state index in [9.17, 15) is 14.7 Å². The fraction of sp³-hybridized carbons (Fsp3) is 0.316. The van der Waals surface area contributed by atoms with Gasteiger partial charge in [0.2, 0.25) is 5.91 Å². The maximum atomic E-state index is 12.3. The number of amides is 1. The Hall–Kier alpha value is -2.93. The molecule has 1 aromatic carbocycles. The fourth-order valence-electron chi connectivity index (χ4n) is 3.02. The Bertz CT molecular complexity index is 731. The van der Waals surface area contributed by atoms with E-state index < -0.39 is 12.0 Å². The summed E-state index contributed by atoms with van der Waals surface area (Å²) in [5.74, 6) is -0.413. The first kappa shape index (κ1) is 17.9. The van der Waals surface area contributed by atoms with Crippen molar-refractivity contribution in [3.05, 3.63) is 60.3 Å². The smallest absolute Gasteiger partial charge is 0.330 e. The second-order valence-corrected chi connectivity index (χ2v) is 6.20. The summed E-state index contributed by atoms with van der Waals surface area (Å²) in [6.45, 7) is 3.21. The number of benzene rings is 1. The monoisotopic (exact) mass is 354 g/mol. The van der Waals surface area contributed by atoms with Gasteiger partial charge in [0.05, 0.1) is 6.54 Å². The van der Waals surface area contributed by atoms with Crippen molar-refractivity contribution in [2.75, 3.05) is 37.6 Å². The molecule has 136 valence electrons. The van der Waals surface area contributed by atoms with Gasteiger partial charge in [-0.15, -0.1) is 0 Å². The van der Waals surface area contributed by atoms with Gasteiger partial charge in [-0.1, -0.05) is 36.4 Å². The molecular formula is C19H22N4O3. The summed E-state index contributed by atoms with van der Waals surface area (Å²) in [5, 5.41) is 12.0. The van der Waals surface area contributed by atoms with Crippen LogP contribution in [-0.2, 0) is 9.59 Å². The second kappa shape index (κ2) is 8.44. The quantitative estimate of drug-likeness (QED) is 0.809. The normalized spacial score (nSPS) is 16.1. The Balaban J connectivity index is 1.51. The van der Waals surface area contributed by atoms with Gasteiger partial charge in [-0.3, -0.25) is 9.69 Å². The third kappa shape index (κ3) is 4.58. The lowest BCUT2D eigenvalue weighted by molar-refractivity contribution is -0.142. The van der Waals surface area contributed by atoms with Crippen LogP contribution in [0.25, 0.3) is 0 Å². The Morgan fingerprint density at radius 2 is 1.73 bits per heavy atom. The Labute approximate surface area is 152 Å². The zero-order chi connectivity index (χ0) is 18.4. The van der Waals surface area contributed by atoms with Gasteiger partial charge < -0.3 is 15.3 Å². The zero-order valence-corrected chi connectivity index (χ0v) is 14.4. The molecule has 0 bridgehead atoms. The largest absolute Gasteiger partial charge is 0.479 e. The van der Waals surface area contributed by atoms with Crippen LogP contribution in [0.3, 0.4) is 0 Å². The van der Waals surface area contributed by atoms with Gasteiger partial charge in [-0.25, -0.2) is 9.78 Å². The van der Waals surface area contributed by atoms with Gasteiger partial charge in [0.1, 0.15) is 5.82 Å². The lowest BCUT2D eigenvalue weighted by Crippen LogP contribution is -2.50. The minimum Gasteiger partial charge on any atom is -0.479 e. The maximum absolute atomic E-state index is 12.3. The average Bonchev–Trinajstić information content (AvgIpc) is 2.68. The number of hydrogen-bond acceptors (Lipinski definition) is 5. The van der Waals surface area contributed by atoms with Gasteiger partial charge in [-0.05, 0) is 17.7 Å². The molecule has 1 fully saturated rings. The lowest BCUT2D eigenvalue weighted by Gasteiger charge is -2.35. The number of aliphatic carboxylic acids is 1. The van der Waals surface area contributed by atoms with Crippen molar-refractivity contribution in [1.29, 1.82) is 0 Å². The Morgan fingerprint density at radius 3 is 2.35 bits per heavy atom. The predicted molar refractivity (Wildman–Crippen MR) is 97.9 cm³/mol. The number of pyridine rings is 1. The molecule has 1 amide bonds. The van der Waals surface area contributed by atoms with Crippen LogP contribution in [0.1, 0.15) is 11.6 Å². The molecule has 0 radical (unpaired) electrons. The summed E-state index contributed by atoms with van der Waals surface area (Å²) in [4.78, 5) is 32.3. The summed E-state index contributed by atoms with van der Waals surface area (Å²) in [5.41, 5.74) is 0.563. The molecule has 0 unspecified atom stereocenters. The molecule has 0 spiro atoms. The van der Waals surface area contributed by atoms with E-state index in [1.807, 2.05) is 29.2 Å². The molecular weight excluding hydrogens is 332 g/mol. The van der Waals surface area contributed by atoms with Gasteiger partial charge >= 0.3 is 5.97 Å². The molecule has 2 heterocycles. The SMILES string of the molecule is O=C(CN1CCN(c2ccccn2)CC1)N[C@@H](C(=O)O)c1ccccc1. The fourth-order valence-corrected chi connectivity index (χ4v) is 3.02. The van der Waals surface area contributed by atoms with Gasteiger partial charge in [0.25, 0.3) is 0 Å². The number of anilines is 1. The van der Waals surface area contributed by atoms with Crippen LogP contribution < -0.4 is 10.2 Å². The highest BCUT2D eigenvalue weighted by Gasteiger charge is 2.24. The van der Waals surface area contributed by atoms with E-state index in [4.69, 9.17) is 0 Å². The van der Waals surface area contributed by atoms with Gasteiger partial charge in [0, 0.05) is 32.4 Å². The minimum atomic E-state index is -1.07. The van der Waals surface area contributed by atoms with Crippen LogP contribution in [0, 0.1) is 0 Å². The standard InChI is InChI=1S/C19H22N4O3/c24-17(21-18(19(25)26)15-6-2-1-3-7-15)14-22-10-12-23(13-11-22)16-8-4-5-9-20-16/h1-9,18H,10-14H2,(H,21,24)(H,25,26)/t18-/m1/s1. The van der Waals surface area contributed by atoms with Crippen molar-refractivity contribution >= 4 is 17.7 Å².